The number of anilines is 1. The van der Waals surface area contributed by atoms with Crippen LogP contribution in [0.25, 0.3) is 0 Å². The van der Waals surface area contributed by atoms with Gasteiger partial charge in [-0.25, -0.2) is 0 Å². The molecular formula is C22H24N2O5. The third-order valence-electron chi connectivity index (χ3n) is 4.45. The molecule has 0 bridgehead atoms. The van der Waals surface area contributed by atoms with Crippen molar-refractivity contribution in [1.29, 1.82) is 5.26 Å². The maximum atomic E-state index is 12.6. The average Bonchev–Trinajstić information content (AvgIpc) is 2.73. The number of carbonyl (C=O) groups is 2. The summed E-state index contributed by atoms with van der Waals surface area (Å²) in [4.78, 5) is 25.1. The van der Waals surface area contributed by atoms with Gasteiger partial charge in [0.05, 0.1) is 27.4 Å². The monoisotopic (exact) mass is 396 g/mol. The summed E-state index contributed by atoms with van der Waals surface area (Å²) in [6, 6.07) is 12.3. The first kappa shape index (κ1) is 21.8. The Morgan fingerprint density at radius 2 is 1.59 bits per heavy atom. The maximum Gasteiger partial charge on any atom is 0.249 e. The Labute approximate surface area is 170 Å². The zero-order valence-corrected chi connectivity index (χ0v) is 16.9. The molecule has 2 rings (SSSR count). The fourth-order valence-electron chi connectivity index (χ4n) is 2.86. The van der Waals surface area contributed by atoms with E-state index < -0.39 is 17.6 Å². The van der Waals surface area contributed by atoms with E-state index in [0.29, 0.717) is 28.5 Å². The van der Waals surface area contributed by atoms with Gasteiger partial charge in [-0.05, 0) is 41.8 Å². The van der Waals surface area contributed by atoms with Gasteiger partial charge in [0.15, 0.2) is 23.2 Å². The van der Waals surface area contributed by atoms with Crippen LogP contribution in [-0.4, -0.2) is 33.0 Å². The topological polar surface area (TPSA) is 97.7 Å². The van der Waals surface area contributed by atoms with E-state index in [1.165, 1.54) is 21.3 Å². The molecule has 0 heterocycles. The molecule has 0 aromatic heterocycles. The summed E-state index contributed by atoms with van der Waals surface area (Å²) in [7, 11) is 4.42. The minimum absolute atomic E-state index is 0.128. The van der Waals surface area contributed by atoms with Crippen LogP contribution in [0.3, 0.4) is 0 Å². The zero-order valence-electron chi connectivity index (χ0n) is 16.9. The summed E-state index contributed by atoms with van der Waals surface area (Å²) < 4.78 is 15.8. The van der Waals surface area contributed by atoms with Gasteiger partial charge in [0.2, 0.25) is 11.7 Å². The molecule has 0 spiro atoms. The number of amides is 1. The third-order valence-corrected chi connectivity index (χ3v) is 4.45. The number of benzene rings is 2. The van der Waals surface area contributed by atoms with E-state index >= 15 is 0 Å². The molecule has 0 aliphatic heterocycles. The first-order chi connectivity index (χ1) is 14.0. The van der Waals surface area contributed by atoms with Crippen LogP contribution in [0.15, 0.2) is 36.4 Å². The second-order valence-electron chi connectivity index (χ2n) is 6.28. The minimum atomic E-state index is -1.43. The Bertz CT molecular complexity index is 891. The smallest absolute Gasteiger partial charge is 0.249 e. The number of nitrogens with zero attached hydrogens (tertiary/aromatic N) is 1. The normalized spacial score (nSPS) is 11.1. The van der Waals surface area contributed by atoms with Crippen LogP contribution in [0.2, 0.25) is 0 Å². The summed E-state index contributed by atoms with van der Waals surface area (Å²) in [5.41, 5.74) is 2.20. The number of Topliss-reactive ketones (excluding diaryl/α,β-unsaturated/α-hetero) is 1. The molecule has 1 unspecified atom stereocenters. The molecule has 1 N–H and O–H groups in total. The van der Waals surface area contributed by atoms with E-state index in [4.69, 9.17) is 14.2 Å². The van der Waals surface area contributed by atoms with Crippen molar-refractivity contribution in [3.8, 4) is 23.3 Å². The van der Waals surface area contributed by atoms with Gasteiger partial charge < -0.3 is 19.5 Å². The van der Waals surface area contributed by atoms with Gasteiger partial charge in [-0.15, -0.1) is 0 Å². The fourth-order valence-corrected chi connectivity index (χ4v) is 2.86. The van der Waals surface area contributed by atoms with Crippen molar-refractivity contribution in [3.05, 3.63) is 47.5 Å². The van der Waals surface area contributed by atoms with Crippen molar-refractivity contribution in [1.82, 2.24) is 0 Å². The molecule has 0 aliphatic rings. The van der Waals surface area contributed by atoms with Crippen molar-refractivity contribution >= 4 is 17.4 Å². The number of methoxy groups -OCH3 is 3. The first-order valence-electron chi connectivity index (χ1n) is 9.08. The molecule has 0 aliphatic carbocycles. The lowest BCUT2D eigenvalue weighted by atomic mass is 9.97. The molecule has 152 valence electrons. The Hall–Kier alpha value is -3.53. The van der Waals surface area contributed by atoms with E-state index in [1.807, 2.05) is 19.1 Å². The van der Waals surface area contributed by atoms with Crippen molar-refractivity contribution < 1.29 is 23.8 Å². The summed E-state index contributed by atoms with van der Waals surface area (Å²) in [5, 5.41) is 12.0. The van der Waals surface area contributed by atoms with Gasteiger partial charge in [0.1, 0.15) is 0 Å². The molecule has 1 amide bonds. The van der Waals surface area contributed by atoms with Crippen LogP contribution in [0.1, 0.15) is 18.1 Å². The number of nitriles is 1. The number of aryl methyl sites for hydroxylation is 1. The van der Waals surface area contributed by atoms with Gasteiger partial charge in [-0.1, -0.05) is 19.1 Å². The van der Waals surface area contributed by atoms with Crippen LogP contribution < -0.4 is 19.5 Å². The third kappa shape index (κ3) is 5.26. The van der Waals surface area contributed by atoms with E-state index in [9.17, 15) is 14.9 Å². The molecule has 0 radical (unpaired) electrons. The predicted molar refractivity (Wildman–Crippen MR) is 108 cm³/mol. The summed E-state index contributed by atoms with van der Waals surface area (Å²) in [6.07, 6.45) is 0.749. The highest BCUT2D eigenvalue weighted by Crippen LogP contribution is 2.38. The van der Waals surface area contributed by atoms with Crippen molar-refractivity contribution in [2.75, 3.05) is 26.6 Å². The molecule has 2 aromatic carbocycles. The van der Waals surface area contributed by atoms with Crippen molar-refractivity contribution in [3.63, 3.8) is 0 Å². The average molecular weight is 396 g/mol. The molecule has 0 fully saturated rings. The lowest BCUT2D eigenvalue weighted by molar-refractivity contribution is -0.128. The summed E-state index contributed by atoms with van der Waals surface area (Å²) in [5.74, 6) is -1.43. The highest BCUT2D eigenvalue weighted by molar-refractivity contribution is 6.09. The van der Waals surface area contributed by atoms with Crippen LogP contribution >= 0.6 is 0 Å². The molecule has 29 heavy (non-hydrogen) atoms. The van der Waals surface area contributed by atoms with Crippen molar-refractivity contribution in [2.24, 2.45) is 5.92 Å². The molecule has 1 atom stereocenters. The predicted octanol–water partition coefficient (Wildman–Crippen LogP) is 3.16. The van der Waals surface area contributed by atoms with Crippen LogP contribution in [-0.2, 0) is 22.4 Å². The number of carbonyl (C=O) groups excluding carboxylic acids is 2. The summed E-state index contributed by atoms with van der Waals surface area (Å²) in [6.45, 7) is 2.03. The largest absolute Gasteiger partial charge is 0.493 e. The van der Waals surface area contributed by atoms with E-state index in [2.05, 4.69) is 5.32 Å². The van der Waals surface area contributed by atoms with E-state index in [1.54, 1.807) is 30.3 Å². The fraction of sp³-hybridized carbons (Fsp3) is 0.318. The van der Waals surface area contributed by atoms with E-state index in [-0.39, 0.29) is 6.42 Å². The number of hydrogen-bond acceptors (Lipinski definition) is 6. The molecular weight excluding hydrogens is 372 g/mol. The lowest BCUT2D eigenvalue weighted by Crippen LogP contribution is -2.29. The molecule has 7 heteroatoms. The van der Waals surface area contributed by atoms with Crippen molar-refractivity contribution in [2.45, 2.75) is 19.8 Å². The maximum absolute atomic E-state index is 12.6. The number of ether oxygens (including phenoxy) is 3. The Kier molecular flexibility index (Phi) is 7.61. The van der Waals surface area contributed by atoms with Crippen LogP contribution in [0, 0.1) is 17.2 Å². The SMILES string of the molecule is CCc1ccc(NC(=O)C(C#N)C(=O)Cc2cc(OC)c(OC)c(OC)c2)cc1. The second kappa shape index (κ2) is 10.1. The Morgan fingerprint density at radius 1 is 1.00 bits per heavy atom. The quantitative estimate of drug-likeness (QED) is 0.654. The number of ketones is 1. The molecule has 0 saturated heterocycles. The van der Waals surface area contributed by atoms with Gasteiger partial charge in [-0.2, -0.15) is 5.26 Å². The van der Waals surface area contributed by atoms with Gasteiger partial charge in [-0.3, -0.25) is 9.59 Å². The van der Waals surface area contributed by atoms with E-state index in [0.717, 1.165) is 12.0 Å². The van der Waals surface area contributed by atoms with Gasteiger partial charge in [0.25, 0.3) is 0 Å². The molecule has 0 saturated carbocycles. The number of nitrogens with one attached hydrogen (secondary N) is 1. The number of rotatable bonds is 9. The highest BCUT2D eigenvalue weighted by atomic mass is 16.5. The minimum Gasteiger partial charge on any atom is -0.493 e. The standard InChI is InChI=1S/C22H24N2O5/c1-5-14-6-8-16(9-7-14)24-22(26)17(13-23)18(25)10-15-11-19(27-2)21(29-4)20(12-15)28-3/h6-9,11-12,17H,5,10H2,1-4H3,(H,24,26). The highest BCUT2D eigenvalue weighted by Gasteiger charge is 2.27. The Morgan fingerprint density at radius 3 is 2.03 bits per heavy atom. The molecule has 2 aromatic rings. The van der Waals surface area contributed by atoms with Crippen LogP contribution in [0.5, 0.6) is 17.2 Å². The zero-order chi connectivity index (χ0) is 21.4. The summed E-state index contributed by atoms with van der Waals surface area (Å²) >= 11 is 0. The first-order valence-corrected chi connectivity index (χ1v) is 9.08. The molecule has 7 nitrogen and oxygen atoms in total. The van der Waals surface area contributed by atoms with Crippen LogP contribution in [0.4, 0.5) is 5.69 Å². The Balaban J connectivity index is 2.16. The van der Waals surface area contributed by atoms with Gasteiger partial charge in [0, 0.05) is 12.1 Å². The lowest BCUT2D eigenvalue weighted by Gasteiger charge is -2.14. The number of hydrogen-bond donors (Lipinski definition) is 1. The van der Waals surface area contributed by atoms with Gasteiger partial charge >= 0.3 is 0 Å². The second-order valence-corrected chi connectivity index (χ2v) is 6.28.